The quantitative estimate of drug-likeness (QED) is 0.479. The van der Waals surface area contributed by atoms with Crippen LogP contribution < -0.4 is 5.32 Å². The molecule has 1 aromatic carbocycles. The zero-order valence-corrected chi connectivity index (χ0v) is 18.5. The summed E-state index contributed by atoms with van der Waals surface area (Å²) in [5.41, 5.74) is 1.78. The van der Waals surface area contributed by atoms with Gasteiger partial charge in [0.2, 0.25) is 11.6 Å². The van der Waals surface area contributed by atoms with Crippen LogP contribution in [0.1, 0.15) is 28.6 Å². The number of carbonyl (C=O) groups is 2. The molecule has 2 aromatic heterocycles. The molecule has 8 nitrogen and oxygen atoms in total. The van der Waals surface area contributed by atoms with Crippen LogP contribution in [-0.4, -0.2) is 58.2 Å². The maximum Gasteiger partial charge on any atom is 0.256 e. The van der Waals surface area contributed by atoms with E-state index in [1.807, 2.05) is 26.8 Å². The molecule has 2 amide bonds. The van der Waals surface area contributed by atoms with Gasteiger partial charge >= 0.3 is 0 Å². The number of rotatable bonds is 5. The number of nitrogens with one attached hydrogen (secondary N) is 1. The molecule has 0 spiro atoms. The van der Waals surface area contributed by atoms with Crippen LogP contribution in [0.15, 0.2) is 39.9 Å². The number of carbonyl (C=O) groups excluding carboxylic acids is 2. The van der Waals surface area contributed by atoms with E-state index in [4.69, 9.17) is 9.15 Å². The number of benzene rings is 1. The third-order valence-electron chi connectivity index (χ3n) is 5.23. The lowest BCUT2D eigenvalue weighted by Gasteiger charge is -2.28. The van der Waals surface area contributed by atoms with Crippen molar-refractivity contribution >= 4 is 40.5 Å². The van der Waals surface area contributed by atoms with E-state index in [0.717, 1.165) is 5.56 Å². The fourth-order valence-electron chi connectivity index (χ4n) is 3.39. The molecule has 1 saturated heterocycles. The van der Waals surface area contributed by atoms with E-state index >= 15 is 0 Å². The van der Waals surface area contributed by atoms with Gasteiger partial charge in [-0.25, -0.2) is 4.98 Å². The third kappa shape index (κ3) is 4.57. The highest BCUT2D eigenvalue weighted by Gasteiger charge is 2.26. The predicted octanol–water partition coefficient (Wildman–Crippen LogP) is 3.43. The van der Waals surface area contributed by atoms with Crippen LogP contribution in [0.25, 0.3) is 11.1 Å². The van der Waals surface area contributed by atoms with Gasteiger partial charge in [-0.05, 0) is 32.9 Å². The molecule has 3 heterocycles. The van der Waals surface area contributed by atoms with Gasteiger partial charge in [-0.2, -0.15) is 4.98 Å². The first-order valence-electron chi connectivity index (χ1n) is 10.1. The summed E-state index contributed by atoms with van der Waals surface area (Å²) in [7, 11) is 0. The number of aryl methyl sites for hydroxylation is 2. The topological polar surface area (TPSA) is 97.6 Å². The number of amides is 2. The molecule has 1 fully saturated rings. The SMILES string of the molecule is Cc1oc2nc(SC(C)C(=O)N3CCOCC3)nc(NC(=O)c3ccccc3)c2c1C. The van der Waals surface area contributed by atoms with Crippen LogP contribution in [0, 0.1) is 13.8 Å². The Hall–Kier alpha value is -2.91. The number of furan rings is 1. The maximum atomic E-state index is 12.8. The van der Waals surface area contributed by atoms with Crippen LogP contribution in [0.2, 0.25) is 0 Å². The number of ether oxygens (including phenoxy) is 1. The van der Waals surface area contributed by atoms with Crippen molar-refractivity contribution in [1.82, 2.24) is 14.9 Å². The highest BCUT2D eigenvalue weighted by Crippen LogP contribution is 2.32. The molecule has 1 N–H and O–H groups in total. The molecule has 0 bridgehead atoms. The number of hydrogen-bond donors (Lipinski definition) is 1. The number of anilines is 1. The first-order valence-corrected chi connectivity index (χ1v) is 11.0. The molecule has 31 heavy (non-hydrogen) atoms. The van der Waals surface area contributed by atoms with Crippen molar-refractivity contribution in [2.24, 2.45) is 0 Å². The average Bonchev–Trinajstić information content (AvgIpc) is 3.07. The van der Waals surface area contributed by atoms with Crippen molar-refractivity contribution in [2.45, 2.75) is 31.2 Å². The Morgan fingerprint density at radius 2 is 1.84 bits per heavy atom. The molecule has 1 aliphatic heterocycles. The van der Waals surface area contributed by atoms with Crippen molar-refractivity contribution in [3.05, 3.63) is 47.2 Å². The second-order valence-electron chi connectivity index (χ2n) is 7.34. The summed E-state index contributed by atoms with van der Waals surface area (Å²) in [6, 6.07) is 8.93. The zero-order valence-electron chi connectivity index (χ0n) is 17.7. The van der Waals surface area contributed by atoms with E-state index in [0.29, 0.717) is 59.7 Å². The molecule has 4 rings (SSSR count). The highest BCUT2D eigenvalue weighted by atomic mass is 32.2. The first-order chi connectivity index (χ1) is 14.9. The minimum absolute atomic E-state index is 0.0127. The van der Waals surface area contributed by atoms with Gasteiger partial charge in [0.15, 0.2) is 5.16 Å². The number of thioether (sulfide) groups is 1. The van der Waals surface area contributed by atoms with Crippen LogP contribution in [0.3, 0.4) is 0 Å². The van der Waals surface area contributed by atoms with Crippen molar-refractivity contribution in [3.63, 3.8) is 0 Å². The summed E-state index contributed by atoms with van der Waals surface area (Å²) in [5, 5.41) is 3.54. The van der Waals surface area contributed by atoms with Gasteiger partial charge in [-0.1, -0.05) is 30.0 Å². The Bertz CT molecular complexity index is 1110. The fraction of sp³-hybridized carbons (Fsp3) is 0.364. The lowest BCUT2D eigenvalue weighted by Crippen LogP contribution is -2.44. The Morgan fingerprint density at radius 3 is 2.55 bits per heavy atom. The van der Waals surface area contributed by atoms with Crippen LogP contribution in [-0.2, 0) is 9.53 Å². The monoisotopic (exact) mass is 440 g/mol. The molecule has 0 aliphatic carbocycles. The first kappa shape index (κ1) is 21.3. The Balaban J connectivity index is 1.62. The number of hydrogen-bond acceptors (Lipinski definition) is 7. The second kappa shape index (κ2) is 9.07. The number of morpholine rings is 1. The van der Waals surface area contributed by atoms with Gasteiger partial charge in [0.05, 0.1) is 23.8 Å². The number of aromatic nitrogens is 2. The Kier molecular flexibility index (Phi) is 6.24. The highest BCUT2D eigenvalue weighted by molar-refractivity contribution is 8.00. The van der Waals surface area contributed by atoms with Gasteiger partial charge in [-0.15, -0.1) is 0 Å². The predicted molar refractivity (Wildman–Crippen MR) is 118 cm³/mol. The summed E-state index contributed by atoms with van der Waals surface area (Å²) < 4.78 is 11.1. The van der Waals surface area contributed by atoms with Crippen molar-refractivity contribution < 1.29 is 18.7 Å². The Labute approximate surface area is 184 Å². The number of nitrogens with zero attached hydrogens (tertiary/aromatic N) is 3. The van der Waals surface area contributed by atoms with E-state index in [2.05, 4.69) is 15.3 Å². The van der Waals surface area contributed by atoms with Crippen LogP contribution in [0.4, 0.5) is 5.82 Å². The van der Waals surface area contributed by atoms with Crippen LogP contribution in [0.5, 0.6) is 0 Å². The van der Waals surface area contributed by atoms with E-state index in [-0.39, 0.29) is 17.1 Å². The van der Waals surface area contributed by atoms with E-state index in [9.17, 15) is 9.59 Å². The molecular weight excluding hydrogens is 416 g/mol. The van der Waals surface area contributed by atoms with Gasteiger partial charge in [0.1, 0.15) is 11.6 Å². The molecule has 3 aromatic rings. The molecule has 1 aliphatic rings. The van der Waals surface area contributed by atoms with E-state index < -0.39 is 0 Å². The normalized spacial score (nSPS) is 15.1. The molecule has 1 atom stereocenters. The summed E-state index contributed by atoms with van der Waals surface area (Å²) in [6.07, 6.45) is 0. The molecule has 0 radical (unpaired) electrons. The van der Waals surface area contributed by atoms with Gasteiger partial charge in [0, 0.05) is 24.2 Å². The summed E-state index contributed by atoms with van der Waals surface area (Å²) in [5.74, 6) is 0.826. The minimum atomic E-state index is -0.384. The minimum Gasteiger partial charge on any atom is -0.443 e. The summed E-state index contributed by atoms with van der Waals surface area (Å²) in [4.78, 5) is 36.4. The average molecular weight is 441 g/mol. The molecule has 1 unspecified atom stereocenters. The smallest absolute Gasteiger partial charge is 0.256 e. The summed E-state index contributed by atoms with van der Waals surface area (Å²) in [6.45, 7) is 7.84. The fourth-order valence-corrected chi connectivity index (χ4v) is 4.24. The van der Waals surface area contributed by atoms with Crippen molar-refractivity contribution in [3.8, 4) is 0 Å². The van der Waals surface area contributed by atoms with E-state index in [1.54, 1.807) is 29.2 Å². The van der Waals surface area contributed by atoms with Crippen molar-refractivity contribution in [2.75, 3.05) is 31.6 Å². The largest absolute Gasteiger partial charge is 0.443 e. The number of fused-ring (bicyclic) bond motifs is 1. The lowest BCUT2D eigenvalue weighted by atomic mass is 10.2. The van der Waals surface area contributed by atoms with Crippen LogP contribution >= 0.6 is 11.8 Å². The van der Waals surface area contributed by atoms with E-state index in [1.165, 1.54) is 11.8 Å². The maximum absolute atomic E-state index is 12.8. The zero-order chi connectivity index (χ0) is 22.0. The molecular formula is C22H24N4O4S. The van der Waals surface area contributed by atoms with Gasteiger partial charge in [-0.3, -0.25) is 9.59 Å². The molecule has 0 saturated carbocycles. The summed E-state index contributed by atoms with van der Waals surface area (Å²) >= 11 is 1.25. The standard InChI is InChI=1S/C22H24N4O4S/c1-13-14(2)30-20-17(13)18(23-19(27)16-7-5-4-6-8-16)24-22(25-20)31-15(3)21(28)26-9-11-29-12-10-26/h4-8,15H,9-12H2,1-3H3,(H,23,24,25,27). The Morgan fingerprint density at radius 1 is 1.13 bits per heavy atom. The van der Waals surface area contributed by atoms with Crippen molar-refractivity contribution in [1.29, 1.82) is 0 Å². The molecule has 9 heteroatoms. The lowest BCUT2D eigenvalue weighted by molar-refractivity contribution is -0.134. The van der Waals surface area contributed by atoms with Gasteiger partial charge < -0.3 is 19.4 Å². The van der Waals surface area contributed by atoms with Gasteiger partial charge in [0.25, 0.3) is 5.91 Å². The third-order valence-corrected chi connectivity index (χ3v) is 6.18. The second-order valence-corrected chi connectivity index (χ2v) is 8.64. The molecule has 162 valence electrons.